The van der Waals surface area contributed by atoms with Crippen LogP contribution in [-0.4, -0.2) is 70.8 Å². The van der Waals surface area contributed by atoms with Gasteiger partial charge < -0.3 is 25.0 Å². The van der Waals surface area contributed by atoms with E-state index in [4.69, 9.17) is 4.74 Å². The van der Waals surface area contributed by atoms with Crippen molar-refractivity contribution in [1.82, 2.24) is 20.2 Å². The molecule has 4 atom stereocenters. The maximum absolute atomic E-state index is 15.2. The van der Waals surface area contributed by atoms with E-state index in [0.717, 1.165) is 29.9 Å². The molecular formula is C27H36FN5O3. The minimum absolute atomic E-state index is 0.0503. The third kappa shape index (κ3) is 4.54. The molecule has 194 valence electrons. The summed E-state index contributed by atoms with van der Waals surface area (Å²) < 4.78 is 20.4. The van der Waals surface area contributed by atoms with Crippen molar-refractivity contribution in [2.45, 2.75) is 69.6 Å². The number of aliphatic hydroxyl groups is 1. The first-order valence-corrected chi connectivity index (χ1v) is 12.9. The molecular weight excluding hydrogens is 461 g/mol. The lowest BCUT2D eigenvalue weighted by atomic mass is 9.88. The molecule has 5 rings (SSSR count). The summed E-state index contributed by atoms with van der Waals surface area (Å²) in [5.74, 6) is 0.404. The van der Waals surface area contributed by atoms with Crippen LogP contribution in [0.3, 0.4) is 0 Å². The first kappa shape index (κ1) is 24.9. The normalized spacial score (nSPS) is 26.1. The van der Waals surface area contributed by atoms with Gasteiger partial charge in [0.2, 0.25) is 5.91 Å². The number of fused-ring (bicyclic) bond motifs is 1. The molecule has 1 amide bonds. The number of piperazine rings is 1. The quantitative estimate of drug-likeness (QED) is 0.656. The van der Waals surface area contributed by atoms with Crippen LogP contribution in [0.1, 0.15) is 74.8 Å². The van der Waals surface area contributed by atoms with Crippen molar-refractivity contribution >= 4 is 11.7 Å². The smallest absolute Gasteiger partial charge is 0.231 e. The van der Waals surface area contributed by atoms with Gasteiger partial charge in [0.25, 0.3) is 0 Å². The molecule has 2 aromatic rings. The number of anilines is 1. The molecule has 0 radical (unpaired) electrons. The second-order valence-corrected chi connectivity index (χ2v) is 11.0. The van der Waals surface area contributed by atoms with E-state index in [9.17, 15) is 9.90 Å². The van der Waals surface area contributed by atoms with Crippen molar-refractivity contribution in [3.05, 3.63) is 47.2 Å². The van der Waals surface area contributed by atoms with Crippen LogP contribution in [0.5, 0.6) is 5.75 Å². The van der Waals surface area contributed by atoms with Crippen molar-refractivity contribution in [1.29, 1.82) is 0 Å². The lowest BCUT2D eigenvalue weighted by molar-refractivity contribution is -0.133. The first-order valence-electron chi connectivity index (χ1n) is 12.9. The molecule has 2 fully saturated rings. The Balaban J connectivity index is 1.36. The minimum atomic E-state index is -0.609. The summed E-state index contributed by atoms with van der Waals surface area (Å²) in [5, 5.41) is 13.9. The third-order valence-electron chi connectivity index (χ3n) is 8.04. The monoisotopic (exact) mass is 497 g/mol. The highest BCUT2D eigenvalue weighted by molar-refractivity contribution is 5.85. The number of nitrogens with one attached hydrogen (secondary N) is 1. The number of carbonyl (C=O) groups is 1. The van der Waals surface area contributed by atoms with Gasteiger partial charge in [-0.05, 0) is 45.1 Å². The Kier molecular flexibility index (Phi) is 6.63. The number of hydrogen-bond donors (Lipinski definition) is 2. The van der Waals surface area contributed by atoms with Crippen LogP contribution in [0, 0.1) is 5.82 Å². The number of ether oxygens (including phenoxy) is 1. The average molecular weight is 498 g/mol. The molecule has 0 spiro atoms. The molecule has 1 aromatic heterocycles. The lowest BCUT2D eigenvalue weighted by Gasteiger charge is -2.39. The van der Waals surface area contributed by atoms with Crippen molar-refractivity contribution in [2.75, 3.05) is 38.2 Å². The molecule has 0 saturated carbocycles. The van der Waals surface area contributed by atoms with Gasteiger partial charge in [0.15, 0.2) is 0 Å². The Bertz CT molecular complexity index is 1130. The molecule has 1 aromatic carbocycles. The summed E-state index contributed by atoms with van der Waals surface area (Å²) in [4.78, 5) is 26.8. The second-order valence-electron chi connectivity index (χ2n) is 11.0. The molecule has 36 heavy (non-hydrogen) atoms. The number of aliphatic hydroxyl groups excluding tert-OH is 1. The van der Waals surface area contributed by atoms with E-state index >= 15 is 4.39 Å². The van der Waals surface area contributed by atoms with E-state index in [-0.39, 0.29) is 23.4 Å². The van der Waals surface area contributed by atoms with Gasteiger partial charge in [-0.15, -0.1) is 0 Å². The predicted molar refractivity (Wildman–Crippen MR) is 135 cm³/mol. The van der Waals surface area contributed by atoms with Crippen LogP contribution < -0.4 is 15.0 Å². The summed E-state index contributed by atoms with van der Waals surface area (Å²) in [6, 6.07) is 4.64. The Morgan fingerprint density at radius 2 is 2.00 bits per heavy atom. The number of methoxy groups -OCH3 is 1. The third-order valence-corrected chi connectivity index (χ3v) is 8.04. The van der Waals surface area contributed by atoms with Crippen LogP contribution in [0.25, 0.3) is 0 Å². The summed E-state index contributed by atoms with van der Waals surface area (Å²) in [6.45, 7) is 8.63. The SMILES string of the molecule is COc1ccc([C@H](C(=O)N2CCN(c3ncnc4c3[C@H](C)C[C@H]4O)CC2)[C@@H]2CCC(C)(C)N2)c(F)c1. The molecule has 0 unspecified atom stereocenters. The van der Waals surface area contributed by atoms with Crippen molar-refractivity contribution < 1.29 is 19.0 Å². The van der Waals surface area contributed by atoms with Gasteiger partial charge in [0.05, 0.1) is 24.8 Å². The van der Waals surface area contributed by atoms with Gasteiger partial charge in [-0.25, -0.2) is 14.4 Å². The zero-order valence-electron chi connectivity index (χ0n) is 21.5. The van der Waals surface area contributed by atoms with Gasteiger partial charge >= 0.3 is 0 Å². The average Bonchev–Trinajstić information content (AvgIpc) is 3.37. The standard InChI is InChI=1S/C27H36FN5O3/c1-16-13-21(34)24-22(16)25(30-15-29-24)32-9-11-33(12-10-32)26(35)23(20-7-8-27(2,3)31-20)18-6-5-17(36-4)14-19(18)28/h5-6,14-16,20-21,23,31,34H,7-13H2,1-4H3/t16-,20+,21-,23+/m1/s1. The summed E-state index contributed by atoms with van der Waals surface area (Å²) in [7, 11) is 1.51. The molecule has 3 heterocycles. The van der Waals surface area contributed by atoms with Crippen LogP contribution in [-0.2, 0) is 4.79 Å². The highest BCUT2D eigenvalue weighted by Gasteiger charge is 2.42. The second kappa shape index (κ2) is 9.59. The predicted octanol–water partition coefficient (Wildman–Crippen LogP) is 3.13. The van der Waals surface area contributed by atoms with Crippen LogP contribution in [0.15, 0.2) is 24.5 Å². The van der Waals surface area contributed by atoms with E-state index in [2.05, 4.69) is 41.0 Å². The fourth-order valence-electron chi connectivity index (χ4n) is 6.11. The van der Waals surface area contributed by atoms with E-state index in [0.29, 0.717) is 43.9 Å². The summed E-state index contributed by atoms with van der Waals surface area (Å²) >= 11 is 0. The number of amides is 1. The number of rotatable bonds is 5. The Labute approximate surface area is 211 Å². The number of benzene rings is 1. The Morgan fingerprint density at radius 3 is 2.64 bits per heavy atom. The van der Waals surface area contributed by atoms with Gasteiger partial charge in [-0.2, -0.15) is 0 Å². The number of hydrogen-bond acceptors (Lipinski definition) is 7. The van der Waals surface area contributed by atoms with Crippen LogP contribution >= 0.6 is 0 Å². The van der Waals surface area contributed by atoms with E-state index < -0.39 is 17.8 Å². The largest absolute Gasteiger partial charge is 0.497 e. The molecule has 3 aliphatic rings. The van der Waals surface area contributed by atoms with Gasteiger partial charge in [0, 0.05) is 55.0 Å². The van der Waals surface area contributed by atoms with Crippen molar-refractivity contribution in [3.8, 4) is 5.75 Å². The maximum atomic E-state index is 15.2. The van der Waals surface area contributed by atoms with Gasteiger partial charge in [-0.1, -0.05) is 13.0 Å². The molecule has 0 bridgehead atoms. The van der Waals surface area contributed by atoms with Gasteiger partial charge in [0.1, 0.15) is 23.7 Å². The number of carbonyl (C=O) groups excluding carboxylic acids is 1. The van der Waals surface area contributed by atoms with Crippen LogP contribution in [0.2, 0.25) is 0 Å². The summed E-state index contributed by atoms with van der Waals surface area (Å²) in [6.07, 6.45) is 3.35. The molecule has 1 aliphatic carbocycles. The molecule has 2 saturated heterocycles. The van der Waals surface area contributed by atoms with Crippen molar-refractivity contribution in [3.63, 3.8) is 0 Å². The Hall–Kier alpha value is -2.78. The zero-order chi connectivity index (χ0) is 25.6. The van der Waals surface area contributed by atoms with Crippen molar-refractivity contribution in [2.24, 2.45) is 0 Å². The fourth-order valence-corrected chi connectivity index (χ4v) is 6.11. The molecule has 2 aliphatic heterocycles. The van der Waals surface area contributed by atoms with E-state index in [1.165, 1.54) is 19.5 Å². The highest BCUT2D eigenvalue weighted by atomic mass is 19.1. The topological polar surface area (TPSA) is 90.8 Å². The molecule has 8 nitrogen and oxygen atoms in total. The highest BCUT2D eigenvalue weighted by Crippen LogP contribution is 2.43. The summed E-state index contributed by atoms with van der Waals surface area (Å²) in [5.41, 5.74) is 2.05. The van der Waals surface area contributed by atoms with E-state index in [1.807, 2.05) is 4.90 Å². The zero-order valence-corrected chi connectivity index (χ0v) is 21.5. The maximum Gasteiger partial charge on any atom is 0.231 e. The Morgan fingerprint density at radius 1 is 1.25 bits per heavy atom. The number of aromatic nitrogens is 2. The number of halogens is 1. The fraction of sp³-hybridized carbons (Fsp3) is 0.593. The minimum Gasteiger partial charge on any atom is -0.497 e. The van der Waals surface area contributed by atoms with Gasteiger partial charge in [-0.3, -0.25) is 4.79 Å². The van der Waals surface area contributed by atoms with Crippen LogP contribution in [0.4, 0.5) is 10.2 Å². The first-order chi connectivity index (χ1) is 17.2. The molecule has 2 N–H and O–H groups in total. The number of nitrogens with zero attached hydrogens (tertiary/aromatic N) is 4. The lowest BCUT2D eigenvalue weighted by Crippen LogP contribution is -2.53. The van der Waals surface area contributed by atoms with E-state index in [1.54, 1.807) is 12.1 Å². The molecule has 9 heteroatoms.